The van der Waals surface area contributed by atoms with Crippen LogP contribution in [-0.2, 0) is 39.8 Å². The van der Waals surface area contributed by atoms with E-state index in [-0.39, 0.29) is 104 Å². The number of likely N-dealkylation sites (tertiary alicyclic amines) is 1. The number of sulfone groups is 1. The van der Waals surface area contributed by atoms with Gasteiger partial charge >= 0.3 is 18.1 Å². The quantitative estimate of drug-likeness (QED) is 0.0317. The molecule has 5 rings (SSSR count). The molecule has 0 spiro atoms. The smallest absolute Gasteiger partial charge is 0.315 e. The molecular weight excluding hydrogens is 1090 g/mol. The molecule has 4 aliphatic carbocycles. The Kier molecular flexibility index (Phi) is 30.6. The molecule has 1 saturated heterocycles. The number of carbonyl (C=O) groups excluding carboxylic acids is 7. The van der Waals surface area contributed by atoms with E-state index < -0.39 is 67.3 Å². The van der Waals surface area contributed by atoms with Crippen molar-refractivity contribution in [2.24, 2.45) is 22.7 Å². The van der Waals surface area contributed by atoms with Crippen LogP contribution in [-0.4, -0.2) is 155 Å². The van der Waals surface area contributed by atoms with Crippen molar-refractivity contribution >= 4 is 74.0 Å². The molecule has 1 heterocycles. The fourth-order valence-electron chi connectivity index (χ4n) is 12.0. The second kappa shape index (κ2) is 33.2. The van der Waals surface area contributed by atoms with Crippen molar-refractivity contribution in [1.82, 2.24) is 47.4 Å². The van der Waals surface area contributed by atoms with E-state index in [4.69, 9.17) is 6.42 Å². The van der Waals surface area contributed by atoms with Gasteiger partial charge in [0, 0.05) is 66.4 Å². The molecule has 4 saturated carbocycles. The maximum atomic E-state index is 14.3. The van der Waals surface area contributed by atoms with Gasteiger partial charge in [0.1, 0.15) is 21.9 Å². The van der Waals surface area contributed by atoms with Crippen molar-refractivity contribution in [2.45, 2.75) is 233 Å². The zero-order valence-electron chi connectivity index (χ0n) is 49.7. The molecule has 9 amide bonds. The molecule has 5 fully saturated rings. The van der Waals surface area contributed by atoms with Gasteiger partial charge in [-0.05, 0) is 102 Å². The Morgan fingerprint density at radius 1 is 0.765 bits per heavy atom. The molecule has 22 heteroatoms. The molecule has 466 valence electrons. The maximum absolute atomic E-state index is 14.3. The number of urea groups is 3. The Bertz CT molecular complexity index is 2270. The number of rotatable bonds is 21. The number of thioether (sulfide) groups is 1. The van der Waals surface area contributed by atoms with Crippen LogP contribution in [0.3, 0.4) is 0 Å². The van der Waals surface area contributed by atoms with E-state index >= 15 is 0 Å². The highest BCUT2D eigenvalue weighted by atomic mass is 32.2. The standard InChI is InChI=1S/C33H51N5O5S.C12H24N2O3S.C12H24N2O2S.2CH4/c1-9-11-15-22(25(39)28(41)34-18-10-2)35-27(40)24-23-21(32(23,6)7)19-38(24)29(42)26(31(3,4)5)36-30(43)37-33(20-44-8)16-13-12-14-17-33;1-10(2)13-11(15)14-12(9-18(3,16)17)7-5-4-6-8-12;1-10(2)13-11(15)14-12(9-17(3)16)7-5-4-6-8-12;;/h1,10,21-24,26H,2,11-20H2,3-8H3,(H,34,41)(H,35,40)(H2,36,37,43);10H,4-9H2,1-3H3,(H2,13,14,15);10H,4-9H2,1-3H3,(H2,13,14,15);2*1H4/t21?,22?,23-,24-,26+;;;;/m0..../s1. The van der Waals surface area contributed by atoms with Gasteiger partial charge in [0.05, 0.1) is 28.4 Å². The topological polar surface area (TPSA) is 270 Å². The van der Waals surface area contributed by atoms with E-state index in [1.807, 2.05) is 54.7 Å². The van der Waals surface area contributed by atoms with Gasteiger partial charge in [-0.2, -0.15) is 11.8 Å². The Balaban J connectivity index is 0.000000727. The van der Waals surface area contributed by atoms with Crippen molar-refractivity contribution in [3.8, 4) is 12.3 Å². The highest BCUT2D eigenvalue weighted by Crippen LogP contribution is 2.65. The third-order valence-electron chi connectivity index (χ3n) is 15.8. The second-order valence-corrected chi connectivity index (χ2v) is 29.6. The van der Waals surface area contributed by atoms with Crippen LogP contribution in [0.2, 0.25) is 0 Å². The van der Waals surface area contributed by atoms with E-state index in [2.05, 4.69) is 68.9 Å². The number of carbonyl (C=O) groups is 7. The lowest BCUT2D eigenvalue weighted by Gasteiger charge is -2.40. The van der Waals surface area contributed by atoms with E-state index in [0.29, 0.717) is 12.3 Å². The van der Waals surface area contributed by atoms with Gasteiger partial charge in [-0.25, -0.2) is 22.8 Å². The minimum atomic E-state index is -3.10. The number of terminal acetylenes is 1. The number of hydrogen-bond donors (Lipinski definition) is 8. The largest absolute Gasteiger partial charge is 0.346 e. The Morgan fingerprint density at radius 3 is 1.65 bits per heavy atom. The lowest BCUT2D eigenvalue weighted by molar-refractivity contribution is -0.145. The van der Waals surface area contributed by atoms with Crippen molar-refractivity contribution in [2.75, 3.05) is 49.1 Å². The average Bonchev–Trinajstić information content (AvgIpc) is 3.61. The fraction of sp³-hybridized carbons (Fsp3) is 0.814. The van der Waals surface area contributed by atoms with E-state index in [1.165, 1.54) is 18.8 Å². The Hall–Kier alpha value is -4.36. The summed E-state index contributed by atoms with van der Waals surface area (Å²) in [5.41, 5.74) is -1.97. The summed E-state index contributed by atoms with van der Waals surface area (Å²) in [7, 11) is -3.97. The number of nitrogens with zero attached hydrogens (tertiary/aromatic N) is 1. The molecule has 0 radical (unpaired) electrons. The molecule has 6 atom stereocenters. The minimum Gasteiger partial charge on any atom is -0.346 e. The van der Waals surface area contributed by atoms with Crippen LogP contribution in [0.25, 0.3) is 0 Å². The number of Topliss-reactive ketones (excluding diaryl/α,β-unsaturated/α-hetero) is 1. The third kappa shape index (κ3) is 23.7. The first-order valence-corrected chi connectivity index (χ1v) is 33.7. The molecule has 1 aliphatic heterocycles. The first-order valence-electron chi connectivity index (χ1n) is 28.5. The number of amides is 9. The van der Waals surface area contributed by atoms with Crippen LogP contribution < -0.4 is 42.5 Å². The number of ketones is 1. The van der Waals surface area contributed by atoms with E-state index in [1.54, 1.807) is 22.9 Å². The molecule has 0 aromatic heterocycles. The van der Waals surface area contributed by atoms with Gasteiger partial charge in [0.15, 0.2) is 0 Å². The zero-order valence-corrected chi connectivity index (χ0v) is 52.2. The van der Waals surface area contributed by atoms with Gasteiger partial charge in [-0.1, -0.05) is 113 Å². The summed E-state index contributed by atoms with van der Waals surface area (Å²) >= 11 is 1.70. The molecule has 3 unspecified atom stereocenters. The molecule has 19 nitrogen and oxygen atoms in total. The number of fused-ring (bicyclic) bond motifs is 1. The Morgan fingerprint density at radius 2 is 1.22 bits per heavy atom. The maximum Gasteiger partial charge on any atom is 0.315 e. The molecule has 0 bridgehead atoms. The summed E-state index contributed by atoms with van der Waals surface area (Å²) in [6.45, 7) is 21.4. The molecule has 81 heavy (non-hydrogen) atoms. The summed E-state index contributed by atoms with van der Waals surface area (Å²) in [4.78, 5) is 92.2. The summed E-state index contributed by atoms with van der Waals surface area (Å²) in [5.74, 6) is 1.36. The predicted octanol–water partition coefficient (Wildman–Crippen LogP) is 7.51. The van der Waals surface area contributed by atoms with Gasteiger partial charge in [-0.3, -0.25) is 23.4 Å². The summed E-state index contributed by atoms with van der Waals surface area (Å²) in [5, 5.41) is 22.9. The monoisotopic (exact) mass is 1200 g/mol. The SMILES string of the molecule is C.C.C#CCCC(NC(=O)[C@@H]1[C@@H]2C(CN1C(=O)[C@@H](NC(=O)NC1(CSC)CCCCC1)C(C)(C)C)C2(C)C)C(=O)C(=O)NCC=C.CC(C)NC(=O)NC1(CS(C)(=O)=O)CCCCC1.CC(C)NC(=O)NC1(CS(C)=O)CCCCC1. The molecular formula is C59H107N9O10S3. The first kappa shape index (κ1) is 74.7. The van der Waals surface area contributed by atoms with Gasteiger partial charge in [-0.15, -0.1) is 18.9 Å². The number of hydrogen-bond acceptors (Lipinski definition) is 11. The van der Waals surface area contributed by atoms with Crippen LogP contribution in [0.1, 0.15) is 186 Å². The van der Waals surface area contributed by atoms with E-state index in [0.717, 1.165) is 95.6 Å². The van der Waals surface area contributed by atoms with Crippen LogP contribution in [0.4, 0.5) is 14.4 Å². The summed E-state index contributed by atoms with van der Waals surface area (Å²) < 4.78 is 34.5. The third-order valence-corrected chi connectivity index (χ3v) is 18.7. The summed E-state index contributed by atoms with van der Waals surface area (Å²) in [6, 6.07) is -3.49. The van der Waals surface area contributed by atoms with Crippen LogP contribution in [0, 0.1) is 35.0 Å². The van der Waals surface area contributed by atoms with E-state index in [9.17, 15) is 46.2 Å². The van der Waals surface area contributed by atoms with Crippen LogP contribution in [0.15, 0.2) is 12.7 Å². The zero-order chi connectivity index (χ0) is 59.6. The normalized spacial score (nSPS) is 22.0. The fourth-order valence-corrected chi connectivity index (χ4v) is 15.5. The van der Waals surface area contributed by atoms with Gasteiger partial charge < -0.3 is 47.4 Å². The van der Waals surface area contributed by atoms with Crippen LogP contribution in [0.5, 0.6) is 0 Å². The molecule has 5 aliphatic rings. The van der Waals surface area contributed by atoms with Crippen molar-refractivity contribution < 1.29 is 46.2 Å². The molecule has 0 aromatic rings. The highest BCUT2D eigenvalue weighted by molar-refractivity contribution is 7.98. The summed E-state index contributed by atoms with van der Waals surface area (Å²) in [6.07, 6.45) is 27.0. The first-order chi connectivity index (χ1) is 36.8. The Labute approximate surface area is 495 Å². The van der Waals surface area contributed by atoms with Crippen molar-refractivity contribution in [1.29, 1.82) is 0 Å². The van der Waals surface area contributed by atoms with Crippen molar-refractivity contribution in [3.63, 3.8) is 0 Å². The van der Waals surface area contributed by atoms with Crippen LogP contribution >= 0.6 is 11.8 Å². The number of piperidine rings is 1. The molecule has 8 N–H and O–H groups in total. The van der Waals surface area contributed by atoms with Crippen molar-refractivity contribution in [3.05, 3.63) is 12.7 Å². The van der Waals surface area contributed by atoms with Gasteiger partial charge in [0.2, 0.25) is 17.6 Å². The minimum absolute atomic E-state index is 0. The molecule has 0 aromatic carbocycles. The predicted molar refractivity (Wildman–Crippen MR) is 331 cm³/mol. The lowest BCUT2D eigenvalue weighted by Crippen LogP contribution is -2.63. The second-order valence-electron chi connectivity index (χ2n) is 25.2. The average molecular weight is 1200 g/mol. The highest BCUT2D eigenvalue weighted by Gasteiger charge is 2.70. The number of nitrogens with one attached hydrogen (secondary N) is 8. The lowest BCUT2D eigenvalue weighted by atomic mass is 9.83. The van der Waals surface area contributed by atoms with Gasteiger partial charge in [0.25, 0.3) is 5.91 Å².